The van der Waals surface area contributed by atoms with E-state index in [4.69, 9.17) is 4.98 Å². The zero-order valence-corrected chi connectivity index (χ0v) is 22.2. The second-order valence-electron chi connectivity index (χ2n) is 7.40. The number of aliphatic imine (C=N–C) groups is 1. The molecule has 170 valence electrons. The molecule has 0 spiro atoms. The summed E-state index contributed by atoms with van der Waals surface area (Å²) in [4.78, 5) is 25.5. The molecular formula is C22H32IN5OS2. The van der Waals surface area contributed by atoms with Gasteiger partial charge in [-0.05, 0) is 37.8 Å². The number of carbonyl (C=O) groups excluding carboxylic acids is 1. The van der Waals surface area contributed by atoms with E-state index in [1.54, 1.807) is 30.8 Å². The Morgan fingerprint density at radius 1 is 1.16 bits per heavy atom. The third-order valence-corrected chi connectivity index (χ3v) is 7.03. The van der Waals surface area contributed by atoms with Crippen LogP contribution < -0.4 is 10.6 Å². The molecule has 3 rings (SSSR count). The molecule has 0 fully saturated rings. The maximum absolute atomic E-state index is 11.9. The fourth-order valence-corrected chi connectivity index (χ4v) is 5.06. The van der Waals surface area contributed by atoms with Gasteiger partial charge < -0.3 is 15.5 Å². The lowest BCUT2D eigenvalue weighted by Gasteiger charge is -2.13. The number of likely N-dealkylation sites (N-methyl/N-ethyl adjacent to an activating group) is 1. The molecule has 0 radical (unpaired) electrons. The third kappa shape index (κ3) is 8.97. The molecule has 2 aromatic rings. The minimum atomic E-state index is -0.0117. The smallest absolute Gasteiger partial charge is 0.243 e. The van der Waals surface area contributed by atoms with Crippen LogP contribution in [0, 0.1) is 0 Å². The van der Waals surface area contributed by atoms with Gasteiger partial charge in [0, 0.05) is 49.1 Å². The molecule has 1 aromatic carbocycles. The molecule has 1 aliphatic carbocycles. The van der Waals surface area contributed by atoms with Gasteiger partial charge in [-0.25, -0.2) is 9.98 Å². The minimum Gasteiger partial charge on any atom is -0.356 e. The number of halogens is 1. The van der Waals surface area contributed by atoms with Crippen LogP contribution in [0.4, 0.5) is 0 Å². The maximum Gasteiger partial charge on any atom is 0.243 e. The van der Waals surface area contributed by atoms with Crippen molar-refractivity contribution in [1.29, 1.82) is 0 Å². The summed E-state index contributed by atoms with van der Waals surface area (Å²) in [5, 5.41) is 7.91. The molecule has 1 amide bonds. The first-order valence-electron chi connectivity index (χ1n) is 10.5. The Kier molecular flexibility index (Phi) is 11.7. The number of aromatic nitrogens is 1. The molecule has 0 bridgehead atoms. The van der Waals surface area contributed by atoms with Crippen LogP contribution in [0.3, 0.4) is 0 Å². The van der Waals surface area contributed by atoms with Gasteiger partial charge in [0.05, 0.1) is 10.7 Å². The first-order chi connectivity index (χ1) is 14.6. The summed E-state index contributed by atoms with van der Waals surface area (Å²) in [6.45, 7) is 1.66. The van der Waals surface area contributed by atoms with Crippen molar-refractivity contribution in [1.82, 2.24) is 20.5 Å². The minimum absolute atomic E-state index is 0. The predicted octanol–water partition coefficient (Wildman–Crippen LogP) is 3.60. The molecule has 31 heavy (non-hydrogen) atoms. The van der Waals surface area contributed by atoms with Gasteiger partial charge in [0.25, 0.3) is 0 Å². The van der Waals surface area contributed by atoms with Gasteiger partial charge in [-0.2, -0.15) is 0 Å². The van der Waals surface area contributed by atoms with Crippen LogP contribution in [0.1, 0.15) is 28.4 Å². The number of hydrogen-bond acceptors (Lipinski definition) is 5. The number of guanidine groups is 1. The van der Waals surface area contributed by atoms with Crippen molar-refractivity contribution in [3.05, 3.63) is 45.9 Å². The SMILES string of the molecule is CN(C)C(=O)CN=C(NCCSc1ccccc1)NCCc1nc2c(s1)CCCC2.I. The normalized spacial score (nSPS) is 13.2. The third-order valence-electron chi connectivity index (χ3n) is 4.80. The Morgan fingerprint density at radius 3 is 2.65 bits per heavy atom. The molecule has 2 N–H and O–H groups in total. The van der Waals surface area contributed by atoms with E-state index in [0.29, 0.717) is 5.96 Å². The van der Waals surface area contributed by atoms with Crippen molar-refractivity contribution >= 4 is 58.9 Å². The summed E-state index contributed by atoms with van der Waals surface area (Å²) in [5.74, 6) is 1.59. The molecule has 1 aliphatic rings. The molecular weight excluding hydrogens is 541 g/mol. The molecule has 0 saturated heterocycles. The van der Waals surface area contributed by atoms with Gasteiger partial charge in [-0.1, -0.05) is 18.2 Å². The van der Waals surface area contributed by atoms with Crippen LogP contribution in [0.2, 0.25) is 0 Å². The van der Waals surface area contributed by atoms with Crippen LogP contribution in [0.5, 0.6) is 0 Å². The summed E-state index contributed by atoms with van der Waals surface area (Å²) >= 11 is 3.65. The van der Waals surface area contributed by atoms with Crippen LogP contribution in [0.25, 0.3) is 0 Å². The Hall–Kier alpha value is -1.33. The summed E-state index contributed by atoms with van der Waals surface area (Å²) in [7, 11) is 3.50. The summed E-state index contributed by atoms with van der Waals surface area (Å²) < 4.78 is 0. The highest BCUT2D eigenvalue weighted by atomic mass is 127. The van der Waals surface area contributed by atoms with Gasteiger partial charge in [0.2, 0.25) is 5.91 Å². The van der Waals surface area contributed by atoms with Gasteiger partial charge in [-0.15, -0.1) is 47.1 Å². The lowest BCUT2D eigenvalue weighted by molar-refractivity contribution is -0.127. The number of rotatable bonds is 9. The number of thioether (sulfide) groups is 1. The zero-order chi connectivity index (χ0) is 21.2. The van der Waals surface area contributed by atoms with E-state index in [9.17, 15) is 4.79 Å². The van der Waals surface area contributed by atoms with Gasteiger partial charge in [-0.3, -0.25) is 4.79 Å². The fourth-order valence-electron chi connectivity index (χ4n) is 3.12. The monoisotopic (exact) mass is 573 g/mol. The number of thiazole rings is 1. The average Bonchev–Trinajstić information content (AvgIpc) is 3.17. The van der Waals surface area contributed by atoms with Crippen LogP contribution in [-0.4, -0.2) is 61.2 Å². The van der Waals surface area contributed by atoms with E-state index in [-0.39, 0.29) is 36.4 Å². The summed E-state index contributed by atoms with van der Waals surface area (Å²) in [5.41, 5.74) is 1.31. The van der Waals surface area contributed by atoms with Gasteiger partial charge in [0.1, 0.15) is 6.54 Å². The zero-order valence-electron chi connectivity index (χ0n) is 18.2. The van der Waals surface area contributed by atoms with Crippen molar-refractivity contribution in [2.45, 2.75) is 37.0 Å². The number of aryl methyl sites for hydroxylation is 2. The number of nitrogens with one attached hydrogen (secondary N) is 2. The second-order valence-corrected chi connectivity index (χ2v) is 9.74. The molecule has 0 unspecified atom stereocenters. The largest absolute Gasteiger partial charge is 0.356 e. The highest BCUT2D eigenvalue weighted by molar-refractivity contribution is 14.0. The Morgan fingerprint density at radius 2 is 1.90 bits per heavy atom. The molecule has 9 heteroatoms. The highest BCUT2D eigenvalue weighted by Crippen LogP contribution is 2.26. The number of fused-ring (bicyclic) bond motifs is 1. The predicted molar refractivity (Wildman–Crippen MR) is 142 cm³/mol. The van der Waals surface area contributed by atoms with Crippen molar-refractivity contribution in [2.24, 2.45) is 4.99 Å². The molecule has 0 saturated carbocycles. The topological polar surface area (TPSA) is 69.6 Å². The number of nitrogens with zero attached hydrogens (tertiary/aromatic N) is 3. The first kappa shape index (κ1) is 25.9. The Bertz CT molecular complexity index is 818. The number of carbonyl (C=O) groups is 1. The van der Waals surface area contributed by atoms with E-state index in [1.165, 1.54) is 39.7 Å². The molecule has 1 heterocycles. The lowest BCUT2D eigenvalue weighted by Crippen LogP contribution is -2.40. The average molecular weight is 574 g/mol. The van der Waals surface area contributed by atoms with E-state index >= 15 is 0 Å². The Balaban J connectivity index is 0.00000341. The molecule has 0 aliphatic heterocycles. The fraction of sp³-hybridized carbons (Fsp3) is 0.500. The number of benzene rings is 1. The second kappa shape index (κ2) is 13.9. The van der Waals surface area contributed by atoms with Crippen molar-refractivity contribution in [3.63, 3.8) is 0 Å². The van der Waals surface area contributed by atoms with Crippen molar-refractivity contribution < 1.29 is 4.79 Å². The number of amides is 1. The van der Waals surface area contributed by atoms with Gasteiger partial charge >= 0.3 is 0 Å². The van der Waals surface area contributed by atoms with Crippen molar-refractivity contribution in [2.75, 3.05) is 39.5 Å². The summed E-state index contributed by atoms with van der Waals surface area (Å²) in [6.07, 6.45) is 5.73. The molecule has 1 aromatic heterocycles. The van der Waals surface area contributed by atoms with Crippen LogP contribution in [-0.2, 0) is 24.1 Å². The van der Waals surface area contributed by atoms with E-state index in [0.717, 1.165) is 31.7 Å². The standard InChI is InChI=1S/C22H31N5OS2.HI/c1-27(2)21(28)16-25-22(24-14-15-29-17-8-4-3-5-9-17)23-13-12-20-26-18-10-6-7-11-19(18)30-20;/h3-5,8-9H,6-7,10-16H2,1-2H3,(H2,23,24,25);1H. The van der Waals surface area contributed by atoms with Crippen molar-refractivity contribution in [3.8, 4) is 0 Å². The maximum atomic E-state index is 11.9. The number of hydrogen-bond donors (Lipinski definition) is 2. The molecule has 0 atom stereocenters. The Labute approximate surface area is 210 Å². The van der Waals surface area contributed by atoms with E-state index < -0.39 is 0 Å². The lowest BCUT2D eigenvalue weighted by atomic mass is 10.0. The first-order valence-corrected chi connectivity index (χ1v) is 12.3. The van der Waals surface area contributed by atoms with Crippen LogP contribution in [0.15, 0.2) is 40.2 Å². The molecule has 6 nitrogen and oxygen atoms in total. The van der Waals surface area contributed by atoms with E-state index in [1.807, 2.05) is 29.5 Å². The summed E-state index contributed by atoms with van der Waals surface area (Å²) in [6, 6.07) is 10.3. The van der Waals surface area contributed by atoms with Crippen LogP contribution >= 0.6 is 47.1 Å². The quantitative estimate of drug-likeness (QED) is 0.158. The highest BCUT2D eigenvalue weighted by Gasteiger charge is 2.15. The van der Waals surface area contributed by atoms with E-state index in [2.05, 4.69) is 27.8 Å². The van der Waals surface area contributed by atoms with Gasteiger partial charge in [0.15, 0.2) is 5.96 Å².